The van der Waals surface area contributed by atoms with Crippen molar-refractivity contribution in [3.8, 4) is 23.0 Å². The van der Waals surface area contributed by atoms with Crippen molar-refractivity contribution in [1.82, 2.24) is 0 Å². The van der Waals surface area contributed by atoms with Crippen molar-refractivity contribution < 1.29 is 28.8 Å². The summed E-state index contributed by atoms with van der Waals surface area (Å²) >= 11 is 0. The van der Waals surface area contributed by atoms with Crippen LogP contribution < -0.4 is 24.7 Å². The van der Waals surface area contributed by atoms with E-state index in [2.05, 4.69) is 0 Å². The number of benzene rings is 2. The molecule has 2 aromatic carbocycles. The molecule has 25 heavy (non-hydrogen) atoms. The van der Waals surface area contributed by atoms with Gasteiger partial charge in [-0.05, 0) is 42.8 Å². The minimum absolute atomic E-state index is 0.243. The third-order valence-corrected chi connectivity index (χ3v) is 3.77. The first-order valence-corrected chi connectivity index (χ1v) is 7.76. The highest BCUT2D eigenvalue weighted by molar-refractivity contribution is 5.76. The Kier molecular flexibility index (Phi) is 5.06. The summed E-state index contributed by atoms with van der Waals surface area (Å²) in [5.74, 6) is 2.73. The van der Waals surface area contributed by atoms with Gasteiger partial charge in [0.15, 0.2) is 23.0 Å². The maximum absolute atomic E-state index is 10.3. The van der Waals surface area contributed by atoms with Crippen LogP contribution in [0.15, 0.2) is 36.4 Å². The first-order chi connectivity index (χ1) is 12.1. The number of aliphatic hydroxyl groups is 1. The van der Waals surface area contributed by atoms with E-state index >= 15 is 0 Å². The van der Waals surface area contributed by atoms with Crippen molar-refractivity contribution in [1.29, 1.82) is 0 Å². The first kappa shape index (κ1) is 17.1. The Morgan fingerprint density at radius 3 is 2.12 bits per heavy atom. The summed E-state index contributed by atoms with van der Waals surface area (Å²) < 4.78 is 20.5. The van der Waals surface area contributed by atoms with Gasteiger partial charge in [-0.25, -0.2) is 0 Å². The van der Waals surface area contributed by atoms with Crippen molar-refractivity contribution in [2.75, 3.05) is 13.6 Å². The summed E-state index contributed by atoms with van der Waals surface area (Å²) in [6, 6.07) is 10.1. The Balaban J connectivity index is 0.000000150. The quantitative estimate of drug-likeness (QED) is 0.821. The SMILES string of the molecule is CC(N)C(O)c1ccc2c(c1)OCO2.O=Cc1ccc2c(c1)OCO2. The number of aldehydes is 1. The zero-order chi connectivity index (χ0) is 17.8. The van der Waals surface area contributed by atoms with Crippen LogP contribution in [-0.4, -0.2) is 31.0 Å². The van der Waals surface area contributed by atoms with E-state index in [9.17, 15) is 9.90 Å². The van der Waals surface area contributed by atoms with Gasteiger partial charge in [0.1, 0.15) is 6.29 Å². The Morgan fingerprint density at radius 2 is 1.52 bits per heavy atom. The van der Waals surface area contributed by atoms with E-state index < -0.39 is 6.10 Å². The van der Waals surface area contributed by atoms with Crippen LogP contribution in [0.4, 0.5) is 0 Å². The smallest absolute Gasteiger partial charge is 0.231 e. The van der Waals surface area contributed by atoms with Crippen LogP contribution in [0.3, 0.4) is 0 Å². The molecule has 0 fully saturated rings. The van der Waals surface area contributed by atoms with E-state index in [0.29, 0.717) is 28.6 Å². The molecule has 2 unspecified atom stereocenters. The number of nitrogens with two attached hydrogens (primary N) is 1. The van der Waals surface area contributed by atoms with Gasteiger partial charge in [-0.1, -0.05) is 6.07 Å². The lowest BCUT2D eigenvalue weighted by Crippen LogP contribution is -2.24. The van der Waals surface area contributed by atoms with Gasteiger partial charge in [0.2, 0.25) is 13.6 Å². The number of aliphatic hydroxyl groups excluding tert-OH is 1. The summed E-state index contributed by atoms with van der Waals surface area (Å²) in [6.45, 7) is 2.25. The largest absolute Gasteiger partial charge is 0.454 e. The second-order valence-corrected chi connectivity index (χ2v) is 5.65. The van der Waals surface area contributed by atoms with Crippen LogP contribution in [0.2, 0.25) is 0 Å². The first-order valence-electron chi connectivity index (χ1n) is 7.76. The fourth-order valence-electron chi connectivity index (χ4n) is 2.39. The molecule has 132 valence electrons. The predicted molar refractivity (Wildman–Crippen MR) is 89.1 cm³/mol. The highest BCUT2D eigenvalue weighted by Gasteiger charge is 2.18. The number of ether oxygens (including phenoxy) is 4. The predicted octanol–water partition coefficient (Wildman–Crippen LogP) is 2.02. The van der Waals surface area contributed by atoms with E-state index in [1.807, 2.05) is 0 Å². The summed E-state index contributed by atoms with van der Waals surface area (Å²) in [5.41, 5.74) is 6.95. The molecule has 0 amide bonds. The van der Waals surface area contributed by atoms with Crippen LogP contribution in [-0.2, 0) is 0 Å². The van der Waals surface area contributed by atoms with Gasteiger partial charge < -0.3 is 29.8 Å². The number of rotatable bonds is 3. The number of carbonyl (C=O) groups excluding carboxylic acids is 1. The molecule has 7 heteroatoms. The maximum atomic E-state index is 10.3. The van der Waals surface area contributed by atoms with Gasteiger partial charge in [0.05, 0.1) is 6.10 Å². The van der Waals surface area contributed by atoms with E-state index in [0.717, 1.165) is 11.8 Å². The standard InChI is InChI=1S/C10H13NO3.C8H6O3/c1-6(11)10(12)7-2-3-8-9(4-7)14-5-13-8;9-4-6-1-2-7-8(3-6)11-5-10-7/h2-4,6,10,12H,5,11H2,1H3;1-4H,5H2. The van der Waals surface area contributed by atoms with Gasteiger partial charge in [0.25, 0.3) is 0 Å². The van der Waals surface area contributed by atoms with Gasteiger partial charge in [-0.15, -0.1) is 0 Å². The van der Waals surface area contributed by atoms with E-state index in [1.165, 1.54) is 0 Å². The van der Waals surface area contributed by atoms with Crippen LogP contribution >= 0.6 is 0 Å². The molecule has 0 aromatic heterocycles. The van der Waals surface area contributed by atoms with E-state index in [4.69, 9.17) is 24.7 Å². The van der Waals surface area contributed by atoms with Crippen LogP contribution in [0.5, 0.6) is 23.0 Å². The zero-order valence-corrected chi connectivity index (χ0v) is 13.7. The minimum atomic E-state index is -0.663. The summed E-state index contributed by atoms with van der Waals surface area (Å²) in [4.78, 5) is 10.3. The lowest BCUT2D eigenvalue weighted by atomic mass is 10.0. The Hall–Kier alpha value is -2.77. The normalized spacial score (nSPS) is 15.8. The molecule has 7 nitrogen and oxygen atoms in total. The average Bonchev–Trinajstić information content (AvgIpc) is 3.28. The molecule has 0 aliphatic carbocycles. The highest BCUT2D eigenvalue weighted by Crippen LogP contribution is 2.34. The number of carbonyl (C=O) groups is 1. The number of hydrogen-bond donors (Lipinski definition) is 2. The highest BCUT2D eigenvalue weighted by atomic mass is 16.7. The van der Waals surface area contributed by atoms with Crippen molar-refractivity contribution in [2.24, 2.45) is 5.73 Å². The fourth-order valence-corrected chi connectivity index (χ4v) is 2.39. The molecule has 2 aliphatic rings. The number of fused-ring (bicyclic) bond motifs is 2. The van der Waals surface area contributed by atoms with E-state index in [-0.39, 0.29) is 19.6 Å². The Morgan fingerprint density at radius 1 is 0.960 bits per heavy atom. The fraction of sp³-hybridized carbons (Fsp3) is 0.278. The Labute approximate surface area is 144 Å². The molecular weight excluding hydrogens is 326 g/mol. The van der Waals surface area contributed by atoms with Crippen LogP contribution in [0, 0.1) is 0 Å². The molecular formula is C18H19NO6. The van der Waals surface area contributed by atoms with Gasteiger partial charge in [0, 0.05) is 11.6 Å². The van der Waals surface area contributed by atoms with Crippen molar-refractivity contribution in [2.45, 2.75) is 19.1 Å². The zero-order valence-electron chi connectivity index (χ0n) is 13.7. The molecule has 2 atom stereocenters. The van der Waals surface area contributed by atoms with Gasteiger partial charge in [-0.2, -0.15) is 0 Å². The molecule has 0 radical (unpaired) electrons. The van der Waals surface area contributed by atoms with Crippen molar-refractivity contribution in [3.05, 3.63) is 47.5 Å². The average molecular weight is 345 g/mol. The summed E-state index contributed by atoms with van der Waals surface area (Å²) in [6.07, 6.45) is 0.117. The molecule has 0 saturated carbocycles. The molecule has 2 heterocycles. The third-order valence-electron chi connectivity index (χ3n) is 3.77. The number of hydrogen-bond acceptors (Lipinski definition) is 7. The van der Waals surface area contributed by atoms with Crippen LogP contribution in [0.1, 0.15) is 28.9 Å². The molecule has 2 aromatic rings. The Bertz CT molecular complexity index is 761. The molecule has 0 spiro atoms. The molecule has 0 bridgehead atoms. The molecule has 0 saturated heterocycles. The van der Waals surface area contributed by atoms with Gasteiger partial charge in [-0.3, -0.25) is 4.79 Å². The minimum Gasteiger partial charge on any atom is -0.454 e. The molecule has 3 N–H and O–H groups in total. The third kappa shape index (κ3) is 3.84. The molecule has 2 aliphatic heterocycles. The topological polar surface area (TPSA) is 100 Å². The van der Waals surface area contributed by atoms with Crippen LogP contribution in [0.25, 0.3) is 0 Å². The lowest BCUT2D eigenvalue weighted by Gasteiger charge is -2.14. The lowest BCUT2D eigenvalue weighted by molar-refractivity contribution is 0.112. The summed E-state index contributed by atoms with van der Waals surface area (Å²) in [7, 11) is 0. The van der Waals surface area contributed by atoms with E-state index in [1.54, 1.807) is 43.3 Å². The monoisotopic (exact) mass is 345 g/mol. The van der Waals surface area contributed by atoms with Crippen molar-refractivity contribution in [3.63, 3.8) is 0 Å². The summed E-state index contributed by atoms with van der Waals surface area (Å²) in [5, 5.41) is 9.71. The van der Waals surface area contributed by atoms with Crippen molar-refractivity contribution >= 4 is 6.29 Å². The maximum Gasteiger partial charge on any atom is 0.231 e. The second kappa shape index (κ2) is 7.42. The van der Waals surface area contributed by atoms with Gasteiger partial charge >= 0.3 is 0 Å². The second-order valence-electron chi connectivity index (χ2n) is 5.65. The molecule has 4 rings (SSSR count).